The summed E-state index contributed by atoms with van der Waals surface area (Å²) in [4.78, 5) is 4.75. The molecule has 0 N–H and O–H groups in total. The van der Waals surface area contributed by atoms with E-state index < -0.39 is 0 Å². The van der Waals surface area contributed by atoms with Gasteiger partial charge < -0.3 is 0 Å². The van der Waals surface area contributed by atoms with Crippen LogP contribution in [0, 0.1) is 6.92 Å². The Bertz CT molecular complexity index is 772. The van der Waals surface area contributed by atoms with Crippen LogP contribution in [0.4, 0.5) is 0 Å². The van der Waals surface area contributed by atoms with Crippen molar-refractivity contribution in [2.24, 2.45) is 0 Å². The number of pyridine rings is 1. The minimum absolute atomic E-state index is 1.04. The number of aryl methyl sites for hydroxylation is 1. The predicted molar refractivity (Wildman–Crippen MR) is 74.7 cm³/mol. The van der Waals surface area contributed by atoms with Crippen molar-refractivity contribution in [1.82, 2.24) is 4.98 Å². The first kappa shape index (κ1) is 9.84. The summed E-state index contributed by atoms with van der Waals surface area (Å²) in [7, 11) is 0. The number of rotatable bonds is 0. The van der Waals surface area contributed by atoms with Gasteiger partial charge in [0.1, 0.15) is 0 Å². The van der Waals surface area contributed by atoms with E-state index in [-0.39, 0.29) is 0 Å². The largest absolute Gasteiger partial charge is 0.252 e. The highest BCUT2D eigenvalue weighted by Crippen LogP contribution is 2.41. The molecule has 0 fully saturated rings. The molecular weight excluding hydrogens is 218 g/mol. The normalized spacial score (nSPS) is 12.5. The predicted octanol–water partition coefficient (Wildman–Crippen LogP) is 4.11. The van der Waals surface area contributed by atoms with Crippen molar-refractivity contribution in [2.45, 2.75) is 13.3 Å². The Balaban J connectivity index is 2.16. The van der Waals surface area contributed by atoms with Gasteiger partial charge in [0.15, 0.2) is 0 Å². The van der Waals surface area contributed by atoms with Crippen LogP contribution in [-0.2, 0) is 6.42 Å². The fourth-order valence-corrected chi connectivity index (χ4v) is 3.07. The highest BCUT2D eigenvalue weighted by Gasteiger charge is 2.22. The molecule has 1 heteroatoms. The zero-order valence-electron chi connectivity index (χ0n) is 10.3. The van der Waals surface area contributed by atoms with Crippen LogP contribution in [-0.4, -0.2) is 4.98 Å². The molecule has 1 aromatic heterocycles. The van der Waals surface area contributed by atoms with Gasteiger partial charge in [-0.05, 0) is 36.1 Å². The first-order valence-corrected chi connectivity index (χ1v) is 6.31. The molecule has 1 aliphatic rings. The maximum absolute atomic E-state index is 4.75. The zero-order chi connectivity index (χ0) is 12.1. The highest BCUT2D eigenvalue weighted by atomic mass is 14.7. The van der Waals surface area contributed by atoms with Gasteiger partial charge >= 0.3 is 0 Å². The molecule has 0 amide bonds. The Morgan fingerprint density at radius 3 is 2.67 bits per heavy atom. The van der Waals surface area contributed by atoms with E-state index in [4.69, 9.17) is 4.98 Å². The van der Waals surface area contributed by atoms with Gasteiger partial charge in [0.05, 0.1) is 5.52 Å². The van der Waals surface area contributed by atoms with E-state index in [1.54, 1.807) is 0 Å². The third kappa shape index (κ3) is 1.19. The summed E-state index contributed by atoms with van der Waals surface area (Å²) in [5, 5.41) is 1.30. The number of para-hydroxylation sites is 1. The third-order valence-electron chi connectivity index (χ3n) is 3.83. The molecule has 0 unspecified atom stereocenters. The van der Waals surface area contributed by atoms with Gasteiger partial charge in [-0.2, -0.15) is 0 Å². The Kier molecular flexibility index (Phi) is 1.87. The maximum Gasteiger partial charge on any atom is 0.0708 e. The number of benzene rings is 2. The average Bonchev–Trinajstić information content (AvgIpc) is 2.79. The van der Waals surface area contributed by atoms with Gasteiger partial charge in [-0.25, -0.2) is 0 Å². The van der Waals surface area contributed by atoms with Crippen LogP contribution in [0.5, 0.6) is 0 Å². The SMILES string of the molecule is Cc1nc2ccccc2c2c1-c1ccccc1C2. The quantitative estimate of drug-likeness (QED) is 0.443. The second kappa shape index (κ2) is 3.42. The summed E-state index contributed by atoms with van der Waals surface area (Å²) in [6.45, 7) is 2.12. The number of nitrogens with zero attached hydrogens (tertiary/aromatic N) is 1. The molecule has 1 aliphatic carbocycles. The lowest BCUT2D eigenvalue weighted by Gasteiger charge is -2.08. The lowest BCUT2D eigenvalue weighted by Crippen LogP contribution is -1.92. The van der Waals surface area contributed by atoms with E-state index in [1.807, 2.05) is 0 Å². The summed E-state index contributed by atoms with van der Waals surface area (Å²) in [6.07, 6.45) is 1.04. The van der Waals surface area contributed by atoms with Crippen molar-refractivity contribution < 1.29 is 0 Å². The summed E-state index contributed by atoms with van der Waals surface area (Å²) >= 11 is 0. The van der Waals surface area contributed by atoms with Crippen molar-refractivity contribution in [1.29, 1.82) is 0 Å². The lowest BCUT2D eigenvalue weighted by atomic mass is 10.0. The van der Waals surface area contributed by atoms with Crippen molar-refractivity contribution in [3.05, 3.63) is 65.4 Å². The van der Waals surface area contributed by atoms with Crippen molar-refractivity contribution in [2.75, 3.05) is 0 Å². The van der Waals surface area contributed by atoms with Crippen LogP contribution >= 0.6 is 0 Å². The summed E-state index contributed by atoms with van der Waals surface area (Å²) in [6, 6.07) is 17.1. The van der Waals surface area contributed by atoms with Crippen LogP contribution in [0.1, 0.15) is 16.8 Å². The molecule has 2 aromatic carbocycles. The standard InChI is InChI=1S/C17H13N/c1-11-17-13-7-3-2-6-12(13)10-15(17)14-8-4-5-9-16(14)18-11/h2-9H,10H2,1H3. The molecule has 86 valence electrons. The first-order valence-electron chi connectivity index (χ1n) is 6.31. The molecule has 0 spiro atoms. The topological polar surface area (TPSA) is 12.9 Å². The number of fused-ring (bicyclic) bond motifs is 5. The van der Waals surface area contributed by atoms with E-state index in [0.717, 1.165) is 17.6 Å². The zero-order valence-corrected chi connectivity index (χ0v) is 10.3. The van der Waals surface area contributed by atoms with Gasteiger partial charge in [0.25, 0.3) is 0 Å². The second-order valence-corrected chi connectivity index (χ2v) is 4.90. The van der Waals surface area contributed by atoms with E-state index >= 15 is 0 Å². The molecule has 0 aliphatic heterocycles. The number of aromatic nitrogens is 1. The van der Waals surface area contributed by atoms with E-state index in [2.05, 4.69) is 55.5 Å². The molecule has 1 heterocycles. The van der Waals surface area contributed by atoms with Gasteiger partial charge in [-0.3, -0.25) is 4.98 Å². The maximum atomic E-state index is 4.75. The number of hydrogen-bond acceptors (Lipinski definition) is 1. The van der Waals surface area contributed by atoms with Crippen LogP contribution in [0.15, 0.2) is 48.5 Å². The molecule has 0 saturated heterocycles. The van der Waals surface area contributed by atoms with Crippen LogP contribution in [0.2, 0.25) is 0 Å². The van der Waals surface area contributed by atoms with Crippen LogP contribution < -0.4 is 0 Å². The summed E-state index contributed by atoms with van der Waals surface area (Å²) < 4.78 is 0. The lowest BCUT2D eigenvalue weighted by molar-refractivity contribution is 1.22. The minimum atomic E-state index is 1.04. The molecule has 0 radical (unpaired) electrons. The molecule has 0 atom stereocenters. The monoisotopic (exact) mass is 231 g/mol. The van der Waals surface area contributed by atoms with Crippen LogP contribution in [0.3, 0.4) is 0 Å². The smallest absolute Gasteiger partial charge is 0.0708 e. The Morgan fingerprint density at radius 2 is 1.72 bits per heavy atom. The fraction of sp³-hybridized carbons (Fsp3) is 0.118. The van der Waals surface area contributed by atoms with Crippen molar-refractivity contribution in [3.8, 4) is 11.1 Å². The fourth-order valence-electron chi connectivity index (χ4n) is 3.07. The Hall–Kier alpha value is -2.15. The van der Waals surface area contributed by atoms with Crippen molar-refractivity contribution >= 4 is 10.9 Å². The first-order chi connectivity index (χ1) is 8.84. The van der Waals surface area contributed by atoms with E-state index in [0.29, 0.717) is 0 Å². The molecule has 3 aromatic rings. The summed E-state index contributed by atoms with van der Waals surface area (Å²) in [5.41, 5.74) is 7.84. The van der Waals surface area contributed by atoms with Crippen LogP contribution in [0.25, 0.3) is 22.0 Å². The molecule has 4 rings (SSSR count). The van der Waals surface area contributed by atoms with E-state index in [9.17, 15) is 0 Å². The van der Waals surface area contributed by atoms with Gasteiger partial charge in [-0.15, -0.1) is 0 Å². The average molecular weight is 231 g/mol. The molecule has 1 nitrogen and oxygen atoms in total. The highest BCUT2D eigenvalue weighted by molar-refractivity contribution is 5.93. The third-order valence-corrected chi connectivity index (χ3v) is 3.83. The molecule has 18 heavy (non-hydrogen) atoms. The van der Waals surface area contributed by atoms with E-state index in [1.165, 1.54) is 27.6 Å². The van der Waals surface area contributed by atoms with Gasteiger partial charge in [0.2, 0.25) is 0 Å². The Morgan fingerprint density at radius 1 is 0.944 bits per heavy atom. The molecular formula is C17H13N. The van der Waals surface area contributed by atoms with Gasteiger partial charge in [-0.1, -0.05) is 42.5 Å². The molecule has 0 bridgehead atoms. The van der Waals surface area contributed by atoms with Gasteiger partial charge in [0, 0.05) is 16.6 Å². The summed E-state index contributed by atoms with van der Waals surface area (Å²) in [5.74, 6) is 0. The Labute approximate surface area is 106 Å². The minimum Gasteiger partial charge on any atom is -0.252 e. The number of hydrogen-bond donors (Lipinski definition) is 0. The van der Waals surface area contributed by atoms with Crippen molar-refractivity contribution in [3.63, 3.8) is 0 Å². The molecule has 0 saturated carbocycles. The second-order valence-electron chi connectivity index (χ2n) is 4.90.